The highest BCUT2D eigenvalue weighted by molar-refractivity contribution is 6.03. The molecule has 3 aliphatic heterocycles. The summed E-state index contributed by atoms with van der Waals surface area (Å²) in [4.78, 5) is 45.6. The van der Waals surface area contributed by atoms with Crippen LogP contribution in [0.25, 0.3) is 0 Å². The first kappa shape index (κ1) is 29.1. The molecule has 3 N–H and O–H groups in total. The monoisotopic (exact) mass is 562 g/mol. The van der Waals surface area contributed by atoms with Crippen molar-refractivity contribution in [2.75, 3.05) is 36.5 Å². The number of likely N-dealkylation sites (tertiary alicyclic amines) is 1. The van der Waals surface area contributed by atoms with Crippen molar-refractivity contribution in [1.29, 1.82) is 0 Å². The van der Waals surface area contributed by atoms with Gasteiger partial charge in [0.2, 0.25) is 17.7 Å². The number of anilines is 2. The van der Waals surface area contributed by atoms with Crippen molar-refractivity contribution in [1.82, 2.24) is 10.2 Å². The number of aliphatic hydroxyl groups excluding tert-OH is 1. The summed E-state index contributed by atoms with van der Waals surface area (Å²) in [6, 6.07) is 16.4. The fourth-order valence-electron chi connectivity index (χ4n) is 7.37. The SMILES string of the molecule is CCN(CC)c1ccc(NC(=O)C2N(CCCO)C(=O)[C@@H]3[C@@H](C(=O)NCc4ccccc4)[C@]4(C)OC23CC4C)cc1. The number of carbonyl (C=O) groups excluding carboxylic acids is 3. The first-order chi connectivity index (χ1) is 19.7. The fourth-order valence-corrected chi connectivity index (χ4v) is 7.37. The number of ether oxygens (including phenoxy) is 1. The molecular formula is C32H42N4O5. The van der Waals surface area contributed by atoms with E-state index < -0.39 is 29.1 Å². The van der Waals surface area contributed by atoms with Gasteiger partial charge in [0.1, 0.15) is 11.6 Å². The minimum Gasteiger partial charge on any atom is -0.396 e. The van der Waals surface area contributed by atoms with Crippen molar-refractivity contribution in [3.8, 4) is 0 Å². The molecule has 1 spiro atoms. The predicted molar refractivity (Wildman–Crippen MR) is 157 cm³/mol. The normalized spacial score (nSPS) is 29.9. The Morgan fingerprint density at radius 1 is 1.07 bits per heavy atom. The van der Waals surface area contributed by atoms with Gasteiger partial charge in [-0.25, -0.2) is 0 Å². The summed E-state index contributed by atoms with van der Waals surface area (Å²) in [5.41, 5.74) is 0.652. The van der Waals surface area contributed by atoms with Gasteiger partial charge in [-0.2, -0.15) is 0 Å². The summed E-state index contributed by atoms with van der Waals surface area (Å²) >= 11 is 0. The third-order valence-corrected chi connectivity index (χ3v) is 9.48. The van der Waals surface area contributed by atoms with Crippen LogP contribution in [0.1, 0.15) is 46.1 Å². The lowest BCUT2D eigenvalue weighted by Gasteiger charge is -2.36. The Labute approximate surface area is 242 Å². The molecule has 9 heteroatoms. The summed E-state index contributed by atoms with van der Waals surface area (Å²) in [6.45, 7) is 10.3. The number of fused-ring (bicyclic) bond motifs is 1. The van der Waals surface area contributed by atoms with Crippen LogP contribution < -0.4 is 15.5 Å². The van der Waals surface area contributed by atoms with E-state index in [-0.39, 0.29) is 36.8 Å². The Hall–Kier alpha value is -3.43. The van der Waals surface area contributed by atoms with Crippen molar-refractivity contribution in [3.05, 3.63) is 60.2 Å². The Morgan fingerprint density at radius 3 is 2.39 bits per heavy atom. The summed E-state index contributed by atoms with van der Waals surface area (Å²) in [5.74, 6) is -2.38. The third-order valence-electron chi connectivity index (χ3n) is 9.48. The number of hydrogen-bond donors (Lipinski definition) is 3. The number of amides is 3. The van der Waals surface area contributed by atoms with E-state index in [4.69, 9.17) is 4.74 Å². The van der Waals surface area contributed by atoms with E-state index in [1.807, 2.05) is 68.4 Å². The van der Waals surface area contributed by atoms with E-state index in [9.17, 15) is 19.5 Å². The second-order valence-electron chi connectivity index (χ2n) is 11.7. The van der Waals surface area contributed by atoms with Crippen molar-refractivity contribution in [3.63, 3.8) is 0 Å². The van der Waals surface area contributed by atoms with Crippen molar-refractivity contribution in [2.24, 2.45) is 17.8 Å². The highest BCUT2D eigenvalue weighted by Gasteiger charge is 2.79. The average Bonchev–Trinajstić information content (AvgIpc) is 3.48. The minimum atomic E-state index is -1.12. The molecule has 2 aromatic rings. The van der Waals surface area contributed by atoms with E-state index in [1.54, 1.807) is 0 Å². The van der Waals surface area contributed by atoms with Gasteiger partial charge in [0.05, 0.1) is 17.4 Å². The lowest BCUT2D eigenvalue weighted by Crippen LogP contribution is -2.54. The molecule has 3 amide bonds. The van der Waals surface area contributed by atoms with Gasteiger partial charge in [-0.05, 0) is 69.4 Å². The summed E-state index contributed by atoms with van der Waals surface area (Å²) in [6.07, 6.45) is 0.825. The van der Waals surface area contributed by atoms with Crippen molar-refractivity contribution >= 4 is 29.1 Å². The maximum atomic E-state index is 14.1. The molecule has 3 aliphatic rings. The van der Waals surface area contributed by atoms with Crippen LogP contribution in [0, 0.1) is 17.8 Å². The molecule has 3 unspecified atom stereocenters. The smallest absolute Gasteiger partial charge is 0.250 e. The zero-order valence-electron chi connectivity index (χ0n) is 24.4. The lowest BCUT2D eigenvalue weighted by molar-refractivity contribution is -0.146. The quantitative estimate of drug-likeness (QED) is 0.388. The molecule has 9 nitrogen and oxygen atoms in total. The largest absolute Gasteiger partial charge is 0.396 e. The van der Waals surface area contributed by atoms with Gasteiger partial charge in [-0.15, -0.1) is 0 Å². The van der Waals surface area contributed by atoms with Crippen molar-refractivity contribution in [2.45, 2.75) is 64.3 Å². The number of hydrogen-bond acceptors (Lipinski definition) is 6. The maximum Gasteiger partial charge on any atom is 0.250 e. The van der Waals surface area contributed by atoms with Gasteiger partial charge in [0.15, 0.2) is 0 Å². The van der Waals surface area contributed by atoms with Crippen molar-refractivity contribution < 1.29 is 24.2 Å². The van der Waals surface area contributed by atoms with E-state index in [1.165, 1.54) is 4.90 Å². The van der Waals surface area contributed by atoms with E-state index in [0.29, 0.717) is 25.1 Å². The van der Waals surface area contributed by atoms with Crippen LogP contribution in [0.4, 0.5) is 11.4 Å². The van der Waals surface area contributed by atoms with Gasteiger partial charge >= 0.3 is 0 Å². The molecule has 2 aromatic carbocycles. The number of rotatable bonds is 11. The maximum absolute atomic E-state index is 14.1. The highest BCUT2D eigenvalue weighted by Crippen LogP contribution is 2.65. The predicted octanol–water partition coefficient (Wildman–Crippen LogP) is 3.18. The topological polar surface area (TPSA) is 111 Å². The number of nitrogens with zero attached hydrogens (tertiary/aromatic N) is 2. The fraction of sp³-hybridized carbons (Fsp3) is 0.531. The van der Waals surface area contributed by atoms with Crippen LogP contribution >= 0.6 is 0 Å². The molecule has 0 radical (unpaired) electrons. The standard InChI is InChI=1S/C32H42N4O5/c1-5-35(6-2)24-15-13-23(14-16-24)34-29(39)27-32-19-21(3)31(4,41-32)25(26(32)30(40)36(27)17-10-18-37)28(38)33-20-22-11-8-7-9-12-22/h7-9,11-16,21,25-27,37H,5-6,10,17-20H2,1-4H3,(H,33,38)(H,34,39)/t21?,25-,26-,27?,31+,32?/m0/s1. The number of aliphatic hydroxyl groups is 1. The zero-order valence-corrected chi connectivity index (χ0v) is 24.4. The minimum absolute atomic E-state index is 0.0412. The average molecular weight is 563 g/mol. The Morgan fingerprint density at radius 2 is 1.76 bits per heavy atom. The Bertz CT molecular complexity index is 1270. The molecule has 0 aromatic heterocycles. The van der Waals surface area contributed by atoms with Crippen LogP contribution in [0.2, 0.25) is 0 Å². The molecular weight excluding hydrogens is 520 g/mol. The molecule has 0 aliphatic carbocycles. The summed E-state index contributed by atoms with van der Waals surface area (Å²) in [5, 5.41) is 15.6. The van der Waals surface area contributed by atoms with E-state index >= 15 is 0 Å². The summed E-state index contributed by atoms with van der Waals surface area (Å²) in [7, 11) is 0. The molecule has 41 heavy (non-hydrogen) atoms. The number of nitrogens with one attached hydrogen (secondary N) is 2. The lowest BCUT2D eigenvalue weighted by atomic mass is 9.62. The summed E-state index contributed by atoms with van der Waals surface area (Å²) < 4.78 is 6.75. The highest BCUT2D eigenvalue weighted by atomic mass is 16.5. The molecule has 3 heterocycles. The molecule has 220 valence electrons. The van der Waals surface area contributed by atoms with Gasteiger partial charge in [-0.3, -0.25) is 14.4 Å². The van der Waals surface area contributed by atoms with Gasteiger partial charge in [0, 0.05) is 44.2 Å². The first-order valence-corrected chi connectivity index (χ1v) is 14.8. The van der Waals surface area contributed by atoms with Crippen LogP contribution in [0.3, 0.4) is 0 Å². The van der Waals surface area contributed by atoms with Crippen LogP contribution in [0.15, 0.2) is 54.6 Å². The van der Waals surface area contributed by atoms with Gasteiger partial charge in [-0.1, -0.05) is 37.3 Å². The molecule has 3 fully saturated rings. The molecule has 0 saturated carbocycles. The zero-order chi connectivity index (χ0) is 29.4. The van der Waals surface area contributed by atoms with Crippen LogP contribution in [0.5, 0.6) is 0 Å². The van der Waals surface area contributed by atoms with E-state index in [0.717, 1.165) is 24.3 Å². The molecule has 2 bridgehead atoms. The molecule has 6 atom stereocenters. The second-order valence-corrected chi connectivity index (χ2v) is 11.7. The second kappa shape index (κ2) is 11.4. The molecule has 5 rings (SSSR count). The van der Waals surface area contributed by atoms with Gasteiger partial charge < -0.3 is 30.3 Å². The van der Waals surface area contributed by atoms with Gasteiger partial charge in [0.25, 0.3) is 0 Å². The van der Waals surface area contributed by atoms with E-state index in [2.05, 4.69) is 29.4 Å². The number of carbonyl (C=O) groups is 3. The Kier molecular flexibility index (Phi) is 8.12. The van der Waals surface area contributed by atoms with Crippen LogP contribution in [-0.4, -0.2) is 71.2 Å². The third kappa shape index (κ3) is 4.89. The first-order valence-electron chi connectivity index (χ1n) is 14.8. The molecule has 3 saturated heterocycles. The van der Waals surface area contributed by atoms with Crippen LogP contribution in [-0.2, 0) is 25.7 Å². The Balaban J connectivity index is 1.43. The number of benzene rings is 2.